The molecular weight excluding hydrogens is 288 g/mol. The Hall–Kier alpha value is -2.43. The Morgan fingerprint density at radius 2 is 2.13 bits per heavy atom. The maximum atomic E-state index is 12.6. The molecule has 0 radical (unpaired) electrons. The normalized spacial score (nSPS) is 17.8. The maximum absolute atomic E-state index is 12.6. The average molecular weight is 310 g/mol. The lowest BCUT2D eigenvalue weighted by Crippen LogP contribution is -2.39. The third kappa shape index (κ3) is 4.06. The van der Waals surface area contributed by atoms with Crippen LogP contribution in [0.5, 0.6) is 0 Å². The fraction of sp³-hybridized carbons (Fsp3) is 0.389. The molecule has 1 amide bonds. The van der Waals surface area contributed by atoms with Gasteiger partial charge in [0.05, 0.1) is 11.3 Å². The summed E-state index contributed by atoms with van der Waals surface area (Å²) < 4.78 is 0. The average Bonchev–Trinajstić information content (AvgIpc) is 2.60. The van der Waals surface area contributed by atoms with Crippen molar-refractivity contribution < 1.29 is 4.79 Å². The minimum absolute atomic E-state index is 0.0802. The Morgan fingerprint density at radius 1 is 1.30 bits per heavy atom. The van der Waals surface area contributed by atoms with Crippen molar-refractivity contribution in [1.82, 2.24) is 14.9 Å². The van der Waals surface area contributed by atoms with Crippen molar-refractivity contribution >= 4 is 11.6 Å². The van der Waals surface area contributed by atoms with Crippen LogP contribution in [0.4, 0.5) is 5.69 Å². The molecule has 0 saturated carbocycles. The third-order valence-corrected chi connectivity index (χ3v) is 4.18. The van der Waals surface area contributed by atoms with Crippen LogP contribution < -0.4 is 5.32 Å². The fourth-order valence-corrected chi connectivity index (χ4v) is 2.91. The first kappa shape index (κ1) is 15.5. The lowest BCUT2D eigenvalue weighted by molar-refractivity contribution is 0.0682. The molecule has 3 heterocycles. The zero-order valence-corrected chi connectivity index (χ0v) is 13.4. The van der Waals surface area contributed by atoms with Crippen molar-refractivity contribution in [2.75, 3.05) is 18.4 Å². The van der Waals surface area contributed by atoms with Crippen molar-refractivity contribution in [3.8, 4) is 0 Å². The molecule has 0 bridgehead atoms. The van der Waals surface area contributed by atoms with Crippen LogP contribution >= 0.6 is 0 Å². The zero-order valence-electron chi connectivity index (χ0n) is 13.4. The first-order valence-electron chi connectivity index (χ1n) is 8.09. The number of carbonyl (C=O) groups is 1. The first-order chi connectivity index (χ1) is 11.2. The van der Waals surface area contributed by atoms with Gasteiger partial charge >= 0.3 is 0 Å². The van der Waals surface area contributed by atoms with Gasteiger partial charge in [-0.1, -0.05) is 6.92 Å². The molecule has 1 fully saturated rings. The Balaban J connectivity index is 1.66. The number of pyridine rings is 2. The van der Waals surface area contributed by atoms with Crippen LogP contribution in [0.2, 0.25) is 0 Å². The second-order valence-corrected chi connectivity index (χ2v) is 6.17. The van der Waals surface area contributed by atoms with Crippen LogP contribution in [0.25, 0.3) is 0 Å². The van der Waals surface area contributed by atoms with Gasteiger partial charge in [-0.05, 0) is 42.5 Å². The van der Waals surface area contributed by atoms with E-state index in [0.717, 1.165) is 30.8 Å². The summed E-state index contributed by atoms with van der Waals surface area (Å²) in [6.45, 7) is 4.57. The number of amides is 1. The molecule has 0 aromatic carbocycles. The van der Waals surface area contributed by atoms with E-state index in [-0.39, 0.29) is 5.91 Å². The molecule has 1 N–H and O–H groups in total. The van der Waals surface area contributed by atoms with Gasteiger partial charge in [0, 0.05) is 44.4 Å². The number of nitrogens with zero attached hydrogens (tertiary/aromatic N) is 3. The second kappa shape index (κ2) is 7.22. The summed E-state index contributed by atoms with van der Waals surface area (Å²) in [4.78, 5) is 22.8. The number of nitrogens with one attached hydrogen (secondary N) is 1. The van der Waals surface area contributed by atoms with Crippen LogP contribution in [0.3, 0.4) is 0 Å². The van der Waals surface area contributed by atoms with E-state index in [1.165, 1.54) is 6.42 Å². The topological polar surface area (TPSA) is 58.1 Å². The number of likely N-dealkylation sites (tertiary alicyclic amines) is 1. The van der Waals surface area contributed by atoms with Crippen molar-refractivity contribution in [2.45, 2.75) is 26.3 Å². The van der Waals surface area contributed by atoms with E-state index in [1.807, 2.05) is 23.1 Å². The van der Waals surface area contributed by atoms with E-state index < -0.39 is 0 Å². The second-order valence-electron chi connectivity index (χ2n) is 6.17. The van der Waals surface area contributed by atoms with Gasteiger partial charge in [-0.2, -0.15) is 0 Å². The summed E-state index contributed by atoms with van der Waals surface area (Å²) in [7, 11) is 0. The smallest absolute Gasteiger partial charge is 0.255 e. The predicted octanol–water partition coefficient (Wildman–Crippen LogP) is 2.96. The molecule has 1 unspecified atom stereocenters. The summed E-state index contributed by atoms with van der Waals surface area (Å²) in [5.41, 5.74) is 2.65. The number of piperidine rings is 1. The SMILES string of the molecule is CC1CCCN(C(=O)c2cncc(NCc3ccncc3)c2)C1. The number of rotatable bonds is 4. The quantitative estimate of drug-likeness (QED) is 0.943. The van der Waals surface area contributed by atoms with E-state index in [4.69, 9.17) is 0 Å². The molecular formula is C18H22N4O. The van der Waals surface area contributed by atoms with Gasteiger partial charge in [0.15, 0.2) is 0 Å². The highest BCUT2D eigenvalue weighted by molar-refractivity contribution is 5.94. The molecule has 5 nitrogen and oxygen atoms in total. The third-order valence-electron chi connectivity index (χ3n) is 4.18. The van der Waals surface area contributed by atoms with Gasteiger partial charge in [-0.3, -0.25) is 14.8 Å². The molecule has 2 aromatic heterocycles. The number of aromatic nitrogens is 2. The molecule has 0 spiro atoms. The lowest BCUT2D eigenvalue weighted by atomic mass is 10.00. The molecule has 120 valence electrons. The van der Waals surface area contributed by atoms with Crippen molar-refractivity contribution in [3.05, 3.63) is 54.1 Å². The summed E-state index contributed by atoms with van der Waals surface area (Å²) >= 11 is 0. The molecule has 1 atom stereocenters. The Kier molecular flexibility index (Phi) is 4.86. The van der Waals surface area contributed by atoms with Crippen molar-refractivity contribution in [2.24, 2.45) is 5.92 Å². The molecule has 5 heteroatoms. The van der Waals surface area contributed by atoms with Gasteiger partial charge in [0.1, 0.15) is 0 Å². The van der Waals surface area contributed by atoms with E-state index >= 15 is 0 Å². The van der Waals surface area contributed by atoms with Crippen LogP contribution in [0, 0.1) is 5.92 Å². The highest BCUT2D eigenvalue weighted by atomic mass is 16.2. The molecule has 3 rings (SSSR count). The Bertz CT molecular complexity index is 659. The van der Waals surface area contributed by atoms with Gasteiger partial charge in [0.25, 0.3) is 5.91 Å². The van der Waals surface area contributed by atoms with Crippen LogP contribution in [-0.4, -0.2) is 33.9 Å². The van der Waals surface area contributed by atoms with E-state index in [2.05, 4.69) is 22.2 Å². The summed E-state index contributed by atoms with van der Waals surface area (Å²) in [6, 6.07) is 5.81. The summed E-state index contributed by atoms with van der Waals surface area (Å²) in [6.07, 6.45) is 9.23. The van der Waals surface area contributed by atoms with Crippen molar-refractivity contribution in [3.63, 3.8) is 0 Å². The summed E-state index contributed by atoms with van der Waals surface area (Å²) in [5, 5.41) is 3.31. The molecule has 0 aliphatic carbocycles. The summed E-state index contributed by atoms with van der Waals surface area (Å²) in [5.74, 6) is 0.658. The number of anilines is 1. The van der Waals surface area contributed by atoms with Gasteiger partial charge in [-0.15, -0.1) is 0 Å². The van der Waals surface area contributed by atoms with Crippen molar-refractivity contribution in [1.29, 1.82) is 0 Å². The van der Waals surface area contributed by atoms with Gasteiger partial charge in [-0.25, -0.2) is 0 Å². The lowest BCUT2D eigenvalue weighted by Gasteiger charge is -2.31. The minimum Gasteiger partial charge on any atom is -0.380 e. The highest BCUT2D eigenvalue weighted by Crippen LogP contribution is 2.19. The highest BCUT2D eigenvalue weighted by Gasteiger charge is 2.22. The van der Waals surface area contributed by atoms with Crippen LogP contribution in [0.15, 0.2) is 43.0 Å². The van der Waals surface area contributed by atoms with E-state index in [0.29, 0.717) is 18.0 Å². The number of hydrogen-bond donors (Lipinski definition) is 1. The molecule has 1 aliphatic heterocycles. The Labute approximate surface area is 136 Å². The van der Waals surface area contributed by atoms with Gasteiger partial charge in [0.2, 0.25) is 0 Å². The standard InChI is InChI=1S/C18H22N4O/c1-14-3-2-8-22(13-14)18(23)16-9-17(12-20-11-16)21-10-15-4-6-19-7-5-15/h4-7,9,11-12,14,21H,2-3,8,10,13H2,1H3. The molecule has 23 heavy (non-hydrogen) atoms. The zero-order chi connectivity index (χ0) is 16.1. The first-order valence-corrected chi connectivity index (χ1v) is 8.09. The number of hydrogen-bond acceptors (Lipinski definition) is 4. The molecule has 1 aliphatic rings. The van der Waals surface area contributed by atoms with Crippen LogP contribution in [-0.2, 0) is 6.54 Å². The number of carbonyl (C=O) groups excluding carboxylic acids is 1. The monoisotopic (exact) mass is 310 g/mol. The fourth-order valence-electron chi connectivity index (χ4n) is 2.91. The van der Waals surface area contributed by atoms with Crippen LogP contribution in [0.1, 0.15) is 35.7 Å². The largest absolute Gasteiger partial charge is 0.380 e. The van der Waals surface area contributed by atoms with E-state index in [1.54, 1.807) is 24.8 Å². The van der Waals surface area contributed by atoms with Gasteiger partial charge < -0.3 is 10.2 Å². The molecule has 2 aromatic rings. The Morgan fingerprint density at radius 3 is 2.91 bits per heavy atom. The molecule has 1 saturated heterocycles. The minimum atomic E-state index is 0.0802. The predicted molar refractivity (Wildman–Crippen MR) is 90.1 cm³/mol. The van der Waals surface area contributed by atoms with E-state index in [9.17, 15) is 4.79 Å². The maximum Gasteiger partial charge on any atom is 0.255 e.